The van der Waals surface area contributed by atoms with Crippen LogP contribution in [0.4, 0.5) is 10.6 Å². The van der Waals surface area contributed by atoms with Gasteiger partial charge >= 0.3 is 6.09 Å². The van der Waals surface area contributed by atoms with Crippen molar-refractivity contribution in [2.75, 3.05) is 5.32 Å². The zero-order valence-corrected chi connectivity index (χ0v) is 8.43. The maximum Gasteiger partial charge on any atom is 0.410 e. The van der Waals surface area contributed by atoms with Crippen molar-refractivity contribution in [1.82, 2.24) is 9.97 Å². The van der Waals surface area contributed by atoms with Crippen LogP contribution in [0.3, 0.4) is 0 Å². The zero-order valence-electron chi connectivity index (χ0n) is 8.43. The van der Waals surface area contributed by atoms with Crippen molar-refractivity contribution >= 4 is 22.8 Å². The molecule has 0 bridgehead atoms. The second-order valence-electron chi connectivity index (χ2n) is 3.30. The van der Waals surface area contributed by atoms with E-state index in [1.165, 1.54) is 6.07 Å². The molecule has 0 aliphatic heterocycles. The van der Waals surface area contributed by atoms with Crippen LogP contribution in [-0.4, -0.2) is 26.3 Å². The van der Waals surface area contributed by atoms with Crippen molar-refractivity contribution in [3.8, 4) is 5.75 Å². The molecule has 0 fully saturated rings. The number of aromatic nitrogens is 2. The van der Waals surface area contributed by atoms with Crippen molar-refractivity contribution in [3.05, 3.63) is 24.0 Å². The Hall–Kier alpha value is -2.37. The molecule has 1 amide bonds. The van der Waals surface area contributed by atoms with E-state index in [2.05, 4.69) is 9.97 Å². The summed E-state index contributed by atoms with van der Waals surface area (Å²) < 4.78 is 0. The molecule has 0 spiro atoms. The van der Waals surface area contributed by atoms with Gasteiger partial charge < -0.3 is 10.2 Å². The van der Waals surface area contributed by atoms with Crippen LogP contribution in [-0.2, 0) is 0 Å². The van der Waals surface area contributed by atoms with Gasteiger partial charge in [-0.2, -0.15) is 0 Å². The van der Waals surface area contributed by atoms with Crippen molar-refractivity contribution in [2.24, 2.45) is 0 Å². The maximum absolute atomic E-state index is 10.4. The fourth-order valence-electron chi connectivity index (χ4n) is 1.35. The highest BCUT2D eigenvalue weighted by Gasteiger charge is 2.08. The van der Waals surface area contributed by atoms with Gasteiger partial charge in [0.05, 0.1) is 5.52 Å². The second-order valence-corrected chi connectivity index (χ2v) is 3.30. The number of nitrogens with one attached hydrogen (secondary N) is 1. The number of hydrogen-bond donors (Lipinski definition) is 3. The van der Waals surface area contributed by atoms with Gasteiger partial charge in [-0.25, -0.2) is 9.78 Å². The van der Waals surface area contributed by atoms with Gasteiger partial charge in [0.2, 0.25) is 0 Å². The number of carbonyl (C=O) groups is 1. The molecule has 2 heterocycles. The van der Waals surface area contributed by atoms with E-state index in [-0.39, 0.29) is 11.6 Å². The molecule has 16 heavy (non-hydrogen) atoms. The fourth-order valence-corrected chi connectivity index (χ4v) is 1.35. The summed E-state index contributed by atoms with van der Waals surface area (Å²) in [5.41, 5.74) is 1.35. The molecule has 6 heteroatoms. The number of rotatable bonds is 1. The SMILES string of the molecule is Cc1cc2nc(NC(=O)O)c(O)cc2cn1. The highest BCUT2D eigenvalue weighted by Crippen LogP contribution is 2.25. The van der Waals surface area contributed by atoms with E-state index in [0.29, 0.717) is 10.9 Å². The number of anilines is 1. The van der Waals surface area contributed by atoms with Crippen LogP contribution in [0, 0.1) is 6.92 Å². The van der Waals surface area contributed by atoms with Gasteiger partial charge in [-0.05, 0) is 19.1 Å². The Morgan fingerprint density at radius 3 is 2.88 bits per heavy atom. The molecule has 0 aliphatic carbocycles. The van der Waals surface area contributed by atoms with Crippen molar-refractivity contribution in [3.63, 3.8) is 0 Å². The third kappa shape index (κ3) is 1.85. The van der Waals surface area contributed by atoms with Crippen LogP contribution in [0.2, 0.25) is 0 Å². The van der Waals surface area contributed by atoms with E-state index in [4.69, 9.17) is 5.11 Å². The highest BCUT2D eigenvalue weighted by atomic mass is 16.4. The second kappa shape index (κ2) is 3.65. The van der Waals surface area contributed by atoms with E-state index < -0.39 is 6.09 Å². The zero-order chi connectivity index (χ0) is 11.7. The number of fused-ring (bicyclic) bond motifs is 1. The first-order chi connectivity index (χ1) is 7.56. The molecule has 0 saturated heterocycles. The highest BCUT2D eigenvalue weighted by molar-refractivity contribution is 5.88. The number of hydrogen-bond acceptors (Lipinski definition) is 4. The third-order valence-electron chi connectivity index (χ3n) is 2.04. The number of aromatic hydroxyl groups is 1. The summed E-state index contributed by atoms with van der Waals surface area (Å²) in [5, 5.41) is 20.7. The Bertz CT molecular complexity index is 568. The van der Waals surface area contributed by atoms with Crippen LogP contribution < -0.4 is 5.32 Å². The number of nitrogens with zero attached hydrogens (tertiary/aromatic N) is 2. The monoisotopic (exact) mass is 219 g/mol. The summed E-state index contributed by atoms with van der Waals surface area (Å²) in [6, 6.07) is 3.13. The molecule has 6 nitrogen and oxygen atoms in total. The molecule has 2 aromatic heterocycles. The molecule has 0 aromatic carbocycles. The first-order valence-corrected chi connectivity index (χ1v) is 4.52. The Kier molecular flexibility index (Phi) is 2.32. The maximum atomic E-state index is 10.4. The van der Waals surface area contributed by atoms with Crippen molar-refractivity contribution in [2.45, 2.75) is 6.92 Å². The third-order valence-corrected chi connectivity index (χ3v) is 2.04. The molecule has 0 aliphatic rings. The average molecular weight is 219 g/mol. The van der Waals surface area contributed by atoms with Crippen LogP contribution in [0.1, 0.15) is 5.69 Å². The summed E-state index contributed by atoms with van der Waals surface area (Å²) in [6.45, 7) is 1.80. The molecule has 82 valence electrons. The van der Waals surface area contributed by atoms with E-state index in [1.807, 2.05) is 5.32 Å². The minimum absolute atomic E-state index is 0.0781. The molecule has 2 rings (SSSR count). The molecule has 2 aromatic rings. The van der Waals surface area contributed by atoms with Gasteiger partial charge in [0.1, 0.15) is 0 Å². The largest absolute Gasteiger partial charge is 0.504 e. The van der Waals surface area contributed by atoms with Crippen LogP contribution >= 0.6 is 0 Å². The van der Waals surface area contributed by atoms with Crippen LogP contribution in [0.5, 0.6) is 5.75 Å². The molecular formula is C10H9N3O3. The number of amides is 1. The predicted octanol–water partition coefficient (Wildman–Crippen LogP) is 1.73. The van der Waals surface area contributed by atoms with Gasteiger partial charge in [-0.3, -0.25) is 10.3 Å². The minimum atomic E-state index is -1.27. The Morgan fingerprint density at radius 2 is 2.19 bits per heavy atom. The molecular weight excluding hydrogens is 210 g/mol. The standard InChI is InChI=1S/C10H9N3O3/c1-5-2-7-6(4-11-5)3-8(14)9(12-7)13-10(15)16/h2-4,14H,1H3,(H,12,13)(H,15,16). The minimum Gasteiger partial charge on any atom is -0.504 e. The average Bonchev–Trinajstić information content (AvgIpc) is 2.19. The first kappa shape index (κ1) is 10.2. The van der Waals surface area contributed by atoms with Gasteiger partial charge in [-0.1, -0.05) is 0 Å². The van der Waals surface area contributed by atoms with Crippen molar-refractivity contribution in [1.29, 1.82) is 0 Å². The van der Waals surface area contributed by atoms with E-state index in [9.17, 15) is 9.90 Å². The van der Waals surface area contributed by atoms with Crippen LogP contribution in [0.25, 0.3) is 10.9 Å². The summed E-state index contributed by atoms with van der Waals surface area (Å²) in [6.07, 6.45) is 0.301. The molecule has 3 N–H and O–H groups in total. The Balaban J connectivity index is 2.59. The van der Waals surface area contributed by atoms with Gasteiger partial charge in [0, 0.05) is 17.3 Å². The lowest BCUT2D eigenvalue weighted by molar-refractivity contribution is 0.209. The quantitative estimate of drug-likeness (QED) is 0.678. The van der Waals surface area contributed by atoms with Crippen LogP contribution in [0.15, 0.2) is 18.3 Å². The Labute approximate surface area is 90.6 Å². The normalized spacial score (nSPS) is 10.3. The molecule has 0 atom stereocenters. The smallest absolute Gasteiger partial charge is 0.410 e. The summed E-state index contributed by atoms with van der Waals surface area (Å²) in [7, 11) is 0. The molecule has 0 unspecified atom stereocenters. The molecule has 0 radical (unpaired) electrons. The van der Waals surface area contributed by atoms with Gasteiger partial charge in [0.15, 0.2) is 11.6 Å². The molecule has 0 saturated carbocycles. The lowest BCUT2D eigenvalue weighted by atomic mass is 10.2. The van der Waals surface area contributed by atoms with Gasteiger partial charge in [-0.15, -0.1) is 0 Å². The summed E-state index contributed by atoms with van der Waals surface area (Å²) in [4.78, 5) is 18.5. The van der Waals surface area contributed by atoms with E-state index >= 15 is 0 Å². The van der Waals surface area contributed by atoms with Crippen molar-refractivity contribution < 1.29 is 15.0 Å². The predicted molar refractivity (Wildman–Crippen MR) is 57.6 cm³/mol. The number of carboxylic acid groups (broad SMARTS) is 1. The van der Waals surface area contributed by atoms with Gasteiger partial charge in [0.25, 0.3) is 0 Å². The Morgan fingerprint density at radius 1 is 1.44 bits per heavy atom. The topological polar surface area (TPSA) is 95.3 Å². The first-order valence-electron chi connectivity index (χ1n) is 4.52. The summed E-state index contributed by atoms with van der Waals surface area (Å²) >= 11 is 0. The number of pyridine rings is 2. The van der Waals surface area contributed by atoms with E-state index in [0.717, 1.165) is 5.69 Å². The fraction of sp³-hybridized carbons (Fsp3) is 0.100. The lowest BCUT2D eigenvalue weighted by Crippen LogP contribution is -2.09. The summed E-state index contributed by atoms with van der Waals surface area (Å²) in [5.74, 6) is -0.300. The number of aryl methyl sites for hydroxylation is 1. The van der Waals surface area contributed by atoms with E-state index in [1.54, 1.807) is 19.2 Å². The lowest BCUT2D eigenvalue weighted by Gasteiger charge is -2.05.